The summed E-state index contributed by atoms with van der Waals surface area (Å²) in [6.45, 7) is 0. The molecule has 3 aromatic rings. The lowest BCUT2D eigenvalue weighted by atomic mass is 10.2. The molecular weight excluding hydrogens is 266 g/mol. The first-order valence-corrected chi connectivity index (χ1v) is 6.58. The number of rotatable bonds is 0. The molecule has 1 amide bonds. The van der Waals surface area contributed by atoms with Gasteiger partial charge in [-0.1, -0.05) is 30.3 Å². The average molecular weight is 279 g/mol. The minimum absolute atomic E-state index is 0.00634. The number of amides is 1. The van der Waals surface area contributed by atoms with Crippen molar-refractivity contribution in [1.29, 1.82) is 0 Å². The van der Waals surface area contributed by atoms with Crippen molar-refractivity contribution in [3.05, 3.63) is 76.6 Å². The molecule has 0 unspecified atom stereocenters. The van der Waals surface area contributed by atoms with Crippen LogP contribution in [-0.2, 0) is 11.2 Å². The topological polar surface area (TPSA) is 59.3 Å². The van der Waals surface area contributed by atoms with E-state index in [4.69, 9.17) is 4.42 Å². The molecule has 21 heavy (non-hydrogen) atoms. The first-order valence-electron chi connectivity index (χ1n) is 6.58. The van der Waals surface area contributed by atoms with Crippen molar-refractivity contribution in [3.63, 3.8) is 0 Å². The van der Waals surface area contributed by atoms with Crippen LogP contribution >= 0.6 is 0 Å². The molecule has 2 heterocycles. The van der Waals surface area contributed by atoms with E-state index >= 15 is 0 Å². The maximum atomic E-state index is 11.1. The molecule has 1 aromatic heterocycles. The van der Waals surface area contributed by atoms with Crippen LogP contribution in [0.1, 0.15) is 5.56 Å². The van der Waals surface area contributed by atoms with Gasteiger partial charge >= 0.3 is 0 Å². The Balaban J connectivity index is 0.000000126. The SMILES string of the molecule is O=C1Cc2ccccc2N1.O=c1ccoc2ccccc12. The minimum atomic E-state index is 0.00634. The molecule has 2 aromatic carbocycles. The molecule has 1 aliphatic rings. The number of carbonyl (C=O) groups excluding carboxylic acids is 1. The average Bonchev–Trinajstić information content (AvgIpc) is 2.88. The van der Waals surface area contributed by atoms with E-state index in [0.29, 0.717) is 17.4 Å². The van der Waals surface area contributed by atoms with E-state index < -0.39 is 0 Å². The van der Waals surface area contributed by atoms with Gasteiger partial charge in [0.15, 0.2) is 5.43 Å². The number of para-hydroxylation sites is 2. The number of nitrogens with one attached hydrogen (secondary N) is 1. The third-order valence-electron chi connectivity index (χ3n) is 3.21. The number of hydrogen-bond donors (Lipinski definition) is 1. The van der Waals surface area contributed by atoms with Crippen LogP contribution in [-0.4, -0.2) is 5.91 Å². The highest BCUT2D eigenvalue weighted by atomic mass is 16.3. The molecule has 1 N–H and O–H groups in total. The lowest BCUT2D eigenvalue weighted by molar-refractivity contribution is -0.115. The summed E-state index contributed by atoms with van der Waals surface area (Å²) in [5, 5.41) is 3.39. The van der Waals surface area contributed by atoms with Gasteiger partial charge in [-0.15, -0.1) is 0 Å². The van der Waals surface area contributed by atoms with E-state index in [0.717, 1.165) is 11.3 Å². The molecular formula is C17H13NO3. The van der Waals surface area contributed by atoms with Gasteiger partial charge < -0.3 is 9.73 Å². The Morgan fingerprint density at radius 3 is 2.48 bits per heavy atom. The summed E-state index contributed by atoms with van der Waals surface area (Å²) in [6, 6.07) is 16.3. The van der Waals surface area contributed by atoms with E-state index in [1.165, 1.54) is 12.3 Å². The molecule has 0 aliphatic carbocycles. The third-order valence-corrected chi connectivity index (χ3v) is 3.21. The normalized spacial score (nSPS) is 12.3. The van der Waals surface area contributed by atoms with Crippen molar-refractivity contribution in [3.8, 4) is 0 Å². The van der Waals surface area contributed by atoms with Gasteiger partial charge in [0.25, 0.3) is 0 Å². The van der Waals surface area contributed by atoms with Gasteiger partial charge in [0.2, 0.25) is 5.91 Å². The van der Waals surface area contributed by atoms with Crippen LogP contribution in [0.25, 0.3) is 11.0 Å². The standard InChI is InChI=1S/C9H6O2.C8H7NO/c10-8-5-6-11-9-4-2-1-3-7(8)9;10-8-5-6-3-1-2-4-7(6)9-8/h1-6H;1-4H,5H2,(H,9,10). The van der Waals surface area contributed by atoms with Crippen LogP contribution < -0.4 is 10.7 Å². The van der Waals surface area contributed by atoms with Crippen LogP contribution in [0, 0.1) is 0 Å². The predicted octanol–water partition coefficient (Wildman–Crippen LogP) is 2.97. The molecule has 4 rings (SSSR count). The quantitative estimate of drug-likeness (QED) is 0.688. The van der Waals surface area contributed by atoms with Crippen LogP contribution in [0.2, 0.25) is 0 Å². The zero-order valence-electron chi connectivity index (χ0n) is 11.2. The van der Waals surface area contributed by atoms with Crippen molar-refractivity contribution in [2.75, 3.05) is 5.32 Å². The summed E-state index contributed by atoms with van der Waals surface area (Å²) in [6.07, 6.45) is 1.95. The second-order valence-electron chi connectivity index (χ2n) is 4.66. The second kappa shape index (κ2) is 5.63. The van der Waals surface area contributed by atoms with Crippen molar-refractivity contribution in [1.82, 2.24) is 0 Å². The van der Waals surface area contributed by atoms with Crippen molar-refractivity contribution >= 4 is 22.6 Å². The Labute approximate surface area is 121 Å². The van der Waals surface area contributed by atoms with E-state index in [2.05, 4.69) is 5.32 Å². The van der Waals surface area contributed by atoms with E-state index in [1.54, 1.807) is 12.1 Å². The molecule has 0 radical (unpaired) electrons. The highest BCUT2D eigenvalue weighted by molar-refractivity contribution is 5.98. The number of benzene rings is 2. The molecule has 104 valence electrons. The molecule has 4 nitrogen and oxygen atoms in total. The Morgan fingerprint density at radius 1 is 0.905 bits per heavy atom. The van der Waals surface area contributed by atoms with Crippen LogP contribution in [0.4, 0.5) is 5.69 Å². The van der Waals surface area contributed by atoms with Gasteiger partial charge in [-0.05, 0) is 23.8 Å². The van der Waals surface area contributed by atoms with Crippen LogP contribution in [0.5, 0.6) is 0 Å². The van der Waals surface area contributed by atoms with Crippen molar-refractivity contribution in [2.45, 2.75) is 6.42 Å². The fraction of sp³-hybridized carbons (Fsp3) is 0.0588. The zero-order chi connectivity index (χ0) is 14.7. The fourth-order valence-electron chi connectivity index (χ4n) is 2.20. The van der Waals surface area contributed by atoms with Crippen LogP contribution in [0.3, 0.4) is 0 Å². The summed E-state index contributed by atoms with van der Waals surface area (Å²) < 4.78 is 5.09. The molecule has 4 heteroatoms. The Kier molecular flexibility index (Phi) is 3.51. The summed E-state index contributed by atoms with van der Waals surface area (Å²) in [4.78, 5) is 21.9. The summed E-state index contributed by atoms with van der Waals surface area (Å²) >= 11 is 0. The molecule has 0 saturated heterocycles. The lowest BCUT2D eigenvalue weighted by Gasteiger charge is -1.93. The van der Waals surface area contributed by atoms with E-state index in [9.17, 15) is 9.59 Å². The fourth-order valence-corrected chi connectivity index (χ4v) is 2.20. The highest BCUT2D eigenvalue weighted by Gasteiger charge is 2.15. The summed E-state index contributed by atoms with van der Waals surface area (Å²) in [7, 11) is 0. The molecule has 0 bridgehead atoms. The van der Waals surface area contributed by atoms with E-state index in [-0.39, 0.29) is 11.3 Å². The number of carbonyl (C=O) groups is 1. The Hall–Kier alpha value is -2.88. The predicted molar refractivity (Wildman–Crippen MR) is 81.3 cm³/mol. The highest BCUT2D eigenvalue weighted by Crippen LogP contribution is 2.21. The largest absolute Gasteiger partial charge is 0.464 e. The summed E-state index contributed by atoms with van der Waals surface area (Å²) in [5.41, 5.74) is 2.71. The number of hydrogen-bond acceptors (Lipinski definition) is 3. The minimum Gasteiger partial charge on any atom is -0.464 e. The van der Waals surface area contributed by atoms with Crippen molar-refractivity contribution in [2.24, 2.45) is 0 Å². The number of fused-ring (bicyclic) bond motifs is 2. The maximum absolute atomic E-state index is 11.1. The molecule has 0 fully saturated rings. The number of anilines is 1. The first-order chi connectivity index (χ1) is 10.2. The van der Waals surface area contributed by atoms with Crippen LogP contribution in [0.15, 0.2) is 70.1 Å². The molecule has 0 saturated carbocycles. The van der Waals surface area contributed by atoms with Gasteiger partial charge in [-0.3, -0.25) is 9.59 Å². The van der Waals surface area contributed by atoms with E-state index in [1.807, 2.05) is 36.4 Å². The third kappa shape index (κ3) is 2.84. The zero-order valence-corrected chi connectivity index (χ0v) is 11.2. The smallest absolute Gasteiger partial charge is 0.228 e. The molecule has 0 spiro atoms. The molecule has 1 aliphatic heterocycles. The van der Waals surface area contributed by atoms with Crippen molar-refractivity contribution < 1.29 is 9.21 Å². The lowest BCUT2D eigenvalue weighted by Crippen LogP contribution is -2.03. The monoisotopic (exact) mass is 279 g/mol. The first kappa shape index (κ1) is 13.1. The van der Waals surface area contributed by atoms with Gasteiger partial charge in [0, 0.05) is 11.8 Å². The summed E-state index contributed by atoms with van der Waals surface area (Å²) in [5.74, 6) is 0.0983. The maximum Gasteiger partial charge on any atom is 0.228 e. The van der Waals surface area contributed by atoms with Gasteiger partial charge in [0.05, 0.1) is 18.1 Å². The van der Waals surface area contributed by atoms with Gasteiger partial charge in [0.1, 0.15) is 5.58 Å². The second-order valence-corrected chi connectivity index (χ2v) is 4.66. The molecule has 0 atom stereocenters. The Morgan fingerprint density at radius 2 is 1.67 bits per heavy atom. The Bertz CT molecular complexity index is 819. The van der Waals surface area contributed by atoms with Gasteiger partial charge in [-0.25, -0.2) is 0 Å². The van der Waals surface area contributed by atoms with Gasteiger partial charge in [-0.2, -0.15) is 0 Å².